The molecule has 1 atom stereocenters. The highest BCUT2D eigenvalue weighted by molar-refractivity contribution is 9.10. The summed E-state index contributed by atoms with van der Waals surface area (Å²) in [5, 5.41) is 13.5. The Hall–Kier alpha value is -1.33. The lowest BCUT2D eigenvalue weighted by Gasteiger charge is -2.09. The summed E-state index contributed by atoms with van der Waals surface area (Å²) < 4.78 is 8.13. The maximum Gasteiger partial charge on any atom is 0.165 e. The van der Waals surface area contributed by atoms with E-state index < -0.39 is 6.10 Å². The first-order chi connectivity index (χ1) is 8.06. The van der Waals surface area contributed by atoms with Gasteiger partial charge in [0.25, 0.3) is 0 Å². The maximum atomic E-state index is 9.46. The van der Waals surface area contributed by atoms with E-state index in [1.807, 2.05) is 25.2 Å². The van der Waals surface area contributed by atoms with Crippen molar-refractivity contribution in [1.82, 2.24) is 9.78 Å². The second-order valence-electron chi connectivity index (χ2n) is 3.82. The molecule has 0 aliphatic carbocycles. The van der Waals surface area contributed by atoms with Crippen LogP contribution in [-0.2, 0) is 7.05 Å². The van der Waals surface area contributed by atoms with E-state index in [2.05, 4.69) is 21.0 Å². The van der Waals surface area contributed by atoms with Gasteiger partial charge in [-0.05, 0) is 40.5 Å². The number of hydrogen-bond donors (Lipinski definition) is 1. The van der Waals surface area contributed by atoms with E-state index >= 15 is 0 Å². The average molecular weight is 297 g/mol. The molecule has 0 spiro atoms. The highest BCUT2D eigenvalue weighted by Gasteiger charge is 2.07. The second kappa shape index (κ2) is 4.89. The van der Waals surface area contributed by atoms with E-state index in [1.165, 1.54) is 0 Å². The number of ether oxygens (including phenoxy) is 1. The van der Waals surface area contributed by atoms with Crippen LogP contribution in [0.1, 0.15) is 18.6 Å². The third-order valence-corrected chi connectivity index (χ3v) is 2.97. The lowest BCUT2D eigenvalue weighted by molar-refractivity contribution is 0.199. The van der Waals surface area contributed by atoms with Crippen LogP contribution in [0, 0.1) is 0 Å². The minimum Gasteiger partial charge on any atom is -0.453 e. The molecule has 0 aliphatic rings. The van der Waals surface area contributed by atoms with Crippen molar-refractivity contribution in [1.29, 1.82) is 0 Å². The number of aryl methyl sites for hydroxylation is 1. The average Bonchev–Trinajstić information content (AvgIpc) is 2.67. The minimum atomic E-state index is -0.487. The first kappa shape index (κ1) is 12.1. The fourth-order valence-corrected chi connectivity index (χ4v) is 1.92. The van der Waals surface area contributed by atoms with Crippen molar-refractivity contribution in [2.75, 3.05) is 0 Å². The lowest BCUT2D eigenvalue weighted by atomic mass is 10.1. The molecule has 0 fully saturated rings. The van der Waals surface area contributed by atoms with Gasteiger partial charge in [0.2, 0.25) is 0 Å². The van der Waals surface area contributed by atoms with Gasteiger partial charge in [-0.15, -0.1) is 0 Å². The Morgan fingerprint density at radius 3 is 2.76 bits per heavy atom. The highest BCUT2D eigenvalue weighted by atomic mass is 79.9. The lowest BCUT2D eigenvalue weighted by Crippen LogP contribution is -1.92. The molecule has 4 nitrogen and oxygen atoms in total. The quantitative estimate of drug-likeness (QED) is 0.947. The predicted molar refractivity (Wildman–Crippen MR) is 68.1 cm³/mol. The number of aromatic nitrogens is 2. The van der Waals surface area contributed by atoms with Crippen LogP contribution in [0.2, 0.25) is 0 Å². The molecule has 1 aromatic heterocycles. The van der Waals surface area contributed by atoms with E-state index in [1.54, 1.807) is 24.0 Å². The number of aliphatic hydroxyl groups excluding tert-OH is 1. The van der Waals surface area contributed by atoms with Crippen LogP contribution >= 0.6 is 15.9 Å². The number of halogens is 1. The zero-order chi connectivity index (χ0) is 12.4. The molecule has 0 radical (unpaired) electrons. The van der Waals surface area contributed by atoms with Gasteiger partial charge in [0.15, 0.2) is 5.75 Å². The maximum absolute atomic E-state index is 9.46. The molecular weight excluding hydrogens is 284 g/mol. The van der Waals surface area contributed by atoms with Crippen molar-refractivity contribution in [3.63, 3.8) is 0 Å². The van der Waals surface area contributed by atoms with Crippen molar-refractivity contribution in [3.05, 3.63) is 40.6 Å². The highest BCUT2D eigenvalue weighted by Crippen LogP contribution is 2.31. The smallest absolute Gasteiger partial charge is 0.165 e. The monoisotopic (exact) mass is 296 g/mol. The van der Waals surface area contributed by atoms with Crippen LogP contribution in [0.3, 0.4) is 0 Å². The van der Waals surface area contributed by atoms with E-state index in [0.29, 0.717) is 11.5 Å². The first-order valence-corrected chi connectivity index (χ1v) is 5.99. The third-order valence-electron chi connectivity index (χ3n) is 2.35. The molecule has 0 saturated carbocycles. The van der Waals surface area contributed by atoms with E-state index in [9.17, 15) is 5.11 Å². The standard InChI is InChI=1S/C12H13BrN2O2/c1-8(16)9-3-4-12(11(13)5-9)17-10-6-14-15(2)7-10/h3-8,16H,1-2H3. The summed E-state index contributed by atoms with van der Waals surface area (Å²) in [6, 6.07) is 5.50. The molecule has 1 unspecified atom stereocenters. The van der Waals surface area contributed by atoms with Gasteiger partial charge >= 0.3 is 0 Å². The topological polar surface area (TPSA) is 47.3 Å². The largest absolute Gasteiger partial charge is 0.453 e. The van der Waals surface area contributed by atoms with Crippen LogP contribution in [-0.4, -0.2) is 14.9 Å². The Kier molecular flexibility index (Phi) is 3.49. The second-order valence-corrected chi connectivity index (χ2v) is 4.67. The summed E-state index contributed by atoms with van der Waals surface area (Å²) in [6.07, 6.45) is 2.95. The van der Waals surface area contributed by atoms with Gasteiger partial charge in [0.1, 0.15) is 5.75 Å². The summed E-state index contributed by atoms with van der Waals surface area (Å²) in [5.41, 5.74) is 0.843. The van der Waals surface area contributed by atoms with Gasteiger partial charge < -0.3 is 9.84 Å². The summed E-state index contributed by atoms with van der Waals surface area (Å²) >= 11 is 3.42. The molecular formula is C12H13BrN2O2. The van der Waals surface area contributed by atoms with Crippen molar-refractivity contribution in [3.8, 4) is 11.5 Å². The Labute approximate surface area is 108 Å². The van der Waals surface area contributed by atoms with Crippen LogP contribution in [0.4, 0.5) is 0 Å². The summed E-state index contributed by atoms with van der Waals surface area (Å²) in [5.74, 6) is 1.38. The van der Waals surface area contributed by atoms with Gasteiger partial charge in [-0.2, -0.15) is 5.10 Å². The number of benzene rings is 1. The van der Waals surface area contributed by atoms with Gasteiger partial charge in [-0.25, -0.2) is 0 Å². The van der Waals surface area contributed by atoms with Crippen molar-refractivity contribution < 1.29 is 9.84 Å². The third kappa shape index (κ3) is 2.87. The fraction of sp³-hybridized carbons (Fsp3) is 0.250. The Balaban J connectivity index is 2.22. The zero-order valence-corrected chi connectivity index (χ0v) is 11.2. The normalized spacial score (nSPS) is 12.5. The Bertz CT molecular complexity index is 523. The molecule has 1 heterocycles. The zero-order valence-electron chi connectivity index (χ0n) is 9.59. The number of hydrogen-bond acceptors (Lipinski definition) is 3. The van der Waals surface area contributed by atoms with Gasteiger partial charge in [-0.1, -0.05) is 6.07 Å². The van der Waals surface area contributed by atoms with Crippen LogP contribution < -0.4 is 4.74 Å². The van der Waals surface area contributed by atoms with Crippen LogP contribution in [0.15, 0.2) is 35.1 Å². The van der Waals surface area contributed by atoms with Crippen LogP contribution in [0.25, 0.3) is 0 Å². The molecule has 2 rings (SSSR count). The Morgan fingerprint density at radius 2 is 2.24 bits per heavy atom. The SMILES string of the molecule is CC(O)c1ccc(Oc2cnn(C)c2)c(Br)c1. The summed E-state index contributed by atoms with van der Waals surface area (Å²) in [7, 11) is 1.83. The molecule has 0 bridgehead atoms. The predicted octanol–water partition coefficient (Wildman–Crippen LogP) is 3.03. The Morgan fingerprint density at radius 1 is 1.47 bits per heavy atom. The summed E-state index contributed by atoms with van der Waals surface area (Å²) in [4.78, 5) is 0. The van der Waals surface area contributed by atoms with E-state index in [-0.39, 0.29) is 0 Å². The first-order valence-electron chi connectivity index (χ1n) is 5.20. The molecule has 17 heavy (non-hydrogen) atoms. The molecule has 0 saturated heterocycles. The fourth-order valence-electron chi connectivity index (χ4n) is 1.44. The van der Waals surface area contributed by atoms with Gasteiger partial charge in [-0.3, -0.25) is 4.68 Å². The minimum absolute atomic E-state index is 0.487. The van der Waals surface area contributed by atoms with Gasteiger partial charge in [0.05, 0.1) is 23.0 Å². The molecule has 0 amide bonds. The van der Waals surface area contributed by atoms with E-state index in [0.717, 1.165) is 10.0 Å². The summed E-state index contributed by atoms with van der Waals surface area (Å²) in [6.45, 7) is 1.73. The number of aliphatic hydroxyl groups is 1. The molecule has 1 N–H and O–H groups in total. The van der Waals surface area contributed by atoms with Crippen molar-refractivity contribution in [2.45, 2.75) is 13.0 Å². The number of nitrogens with zero attached hydrogens (tertiary/aromatic N) is 2. The van der Waals surface area contributed by atoms with Crippen molar-refractivity contribution >= 4 is 15.9 Å². The van der Waals surface area contributed by atoms with Gasteiger partial charge in [0, 0.05) is 7.05 Å². The molecule has 1 aromatic carbocycles. The molecule has 0 aliphatic heterocycles. The molecule has 5 heteroatoms. The van der Waals surface area contributed by atoms with Crippen molar-refractivity contribution in [2.24, 2.45) is 7.05 Å². The van der Waals surface area contributed by atoms with Crippen LogP contribution in [0.5, 0.6) is 11.5 Å². The van der Waals surface area contributed by atoms with E-state index in [4.69, 9.17) is 4.74 Å². The molecule has 2 aromatic rings. The molecule has 90 valence electrons. The number of rotatable bonds is 3.